The fraction of sp³-hybridized carbons (Fsp3) is 0.250. The molecule has 0 bridgehead atoms. The average molecular weight is 461 g/mol. The number of ether oxygens (including phenoxy) is 3. The molecule has 0 spiro atoms. The number of hydrogen-bond donors (Lipinski definition) is 0. The van der Waals surface area contributed by atoms with Gasteiger partial charge in [-0.2, -0.15) is 0 Å². The molecule has 3 atom stereocenters. The minimum absolute atomic E-state index is 0.201. The van der Waals surface area contributed by atoms with Crippen molar-refractivity contribution in [3.63, 3.8) is 0 Å². The van der Waals surface area contributed by atoms with Crippen LogP contribution in [0.1, 0.15) is 16.7 Å². The first-order valence-corrected chi connectivity index (χ1v) is 11.9. The molecule has 0 N–H and O–H groups in total. The zero-order valence-electron chi connectivity index (χ0n) is 18.6. The Morgan fingerprint density at radius 2 is 1.52 bits per heavy atom. The summed E-state index contributed by atoms with van der Waals surface area (Å²) in [5.41, 5.74) is 3.95. The molecule has 5 heteroatoms. The topological polar surface area (TPSA) is 44.8 Å². The standard InChI is InChI=1S/C28H28O4S/c1-21-12-14-25(15-13-21)33-28-24(16-29)19-31-26(20-30-17-22-8-4-2-5-9-22)27(28)32-18-23-10-6-3-7-11-23/h2-16,19,26-28H,17-18,20H2,1H3/t26-,27+,28+/m1/s1. The Morgan fingerprint density at radius 1 is 0.879 bits per heavy atom. The number of thioether (sulfide) groups is 1. The number of rotatable bonds is 10. The van der Waals surface area contributed by atoms with E-state index in [1.54, 1.807) is 18.0 Å². The molecule has 0 aromatic heterocycles. The molecule has 0 amide bonds. The van der Waals surface area contributed by atoms with Gasteiger partial charge >= 0.3 is 0 Å². The van der Waals surface area contributed by atoms with Gasteiger partial charge in [-0.3, -0.25) is 4.79 Å². The quantitative estimate of drug-likeness (QED) is 0.361. The van der Waals surface area contributed by atoms with Crippen molar-refractivity contribution in [1.82, 2.24) is 0 Å². The van der Waals surface area contributed by atoms with Crippen LogP contribution in [0.5, 0.6) is 0 Å². The summed E-state index contributed by atoms with van der Waals surface area (Å²) in [5, 5.41) is -0.201. The summed E-state index contributed by atoms with van der Waals surface area (Å²) in [5.74, 6) is 0. The van der Waals surface area contributed by atoms with Gasteiger partial charge in [0.1, 0.15) is 18.5 Å². The Morgan fingerprint density at radius 3 is 2.15 bits per heavy atom. The zero-order valence-corrected chi connectivity index (χ0v) is 19.4. The summed E-state index contributed by atoms with van der Waals surface area (Å²) in [6, 6.07) is 28.4. The normalized spacial score (nSPS) is 20.0. The van der Waals surface area contributed by atoms with Crippen molar-refractivity contribution < 1.29 is 19.0 Å². The lowest BCUT2D eigenvalue weighted by atomic mass is 10.0. The highest BCUT2D eigenvalue weighted by Gasteiger charge is 2.38. The van der Waals surface area contributed by atoms with Crippen LogP contribution in [-0.4, -0.2) is 30.4 Å². The highest BCUT2D eigenvalue weighted by molar-refractivity contribution is 8.00. The van der Waals surface area contributed by atoms with Crippen LogP contribution in [0.4, 0.5) is 0 Å². The summed E-state index contributed by atoms with van der Waals surface area (Å²) < 4.78 is 18.3. The molecule has 0 aliphatic carbocycles. The third kappa shape index (κ3) is 6.57. The number of aldehydes is 1. The van der Waals surface area contributed by atoms with Gasteiger partial charge in [-0.25, -0.2) is 0 Å². The molecule has 0 unspecified atom stereocenters. The fourth-order valence-electron chi connectivity index (χ4n) is 3.65. The minimum Gasteiger partial charge on any atom is -0.492 e. The maximum atomic E-state index is 11.9. The van der Waals surface area contributed by atoms with Crippen LogP contribution in [0.3, 0.4) is 0 Å². The molecule has 4 rings (SSSR count). The van der Waals surface area contributed by atoms with Gasteiger partial charge in [-0.05, 0) is 30.2 Å². The second kappa shape index (κ2) is 11.8. The van der Waals surface area contributed by atoms with Crippen LogP contribution in [0.2, 0.25) is 0 Å². The molecule has 3 aromatic rings. The van der Waals surface area contributed by atoms with E-state index in [0.29, 0.717) is 25.4 Å². The SMILES string of the molecule is Cc1ccc(S[C@H]2C(C=O)=CO[C@H](COCc3ccccc3)[C@@H]2OCc2ccccc2)cc1. The molecule has 1 heterocycles. The van der Waals surface area contributed by atoms with E-state index in [2.05, 4.69) is 31.2 Å². The van der Waals surface area contributed by atoms with Gasteiger partial charge in [0.25, 0.3) is 0 Å². The maximum absolute atomic E-state index is 11.9. The zero-order chi connectivity index (χ0) is 22.9. The molecule has 170 valence electrons. The van der Waals surface area contributed by atoms with Gasteiger partial charge in [0.15, 0.2) is 0 Å². The predicted octanol–water partition coefficient (Wildman–Crippen LogP) is 5.74. The fourth-order valence-corrected chi connectivity index (χ4v) is 4.87. The van der Waals surface area contributed by atoms with Crippen molar-refractivity contribution >= 4 is 18.0 Å². The first-order chi connectivity index (χ1) is 16.2. The molecule has 0 saturated heterocycles. The molecular formula is C28H28O4S. The number of benzene rings is 3. The van der Waals surface area contributed by atoms with E-state index in [9.17, 15) is 4.79 Å². The van der Waals surface area contributed by atoms with Gasteiger partial charge < -0.3 is 14.2 Å². The van der Waals surface area contributed by atoms with Crippen molar-refractivity contribution in [1.29, 1.82) is 0 Å². The first kappa shape index (κ1) is 23.3. The van der Waals surface area contributed by atoms with Crippen molar-refractivity contribution in [2.75, 3.05) is 6.61 Å². The Hall–Kier alpha value is -2.86. The maximum Gasteiger partial charge on any atom is 0.150 e. The number of hydrogen-bond acceptors (Lipinski definition) is 5. The summed E-state index contributed by atoms with van der Waals surface area (Å²) in [7, 11) is 0. The van der Waals surface area contributed by atoms with E-state index in [1.165, 1.54) is 5.56 Å². The van der Waals surface area contributed by atoms with Crippen LogP contribution >= 0.6 is 11.8 Å². The minimum atomic E-state index is -0.350. The second-order valence-corrected chi connectivity index (χ2v) is 9.24. The average Bonchev–Trinajstić information content (AvgIpc) is 2.86. The first-order valence-electron chi connectivity index (χ1n) is 11.0. The molecule has 0 saturated carbocycles. The summed E-state index contributed by atoms with van der Waals surface area (Å²) in [6.07, 6.45) is 1.75. The lowest BCUT2D eigenvalue weighted by molar-refractivity contribution is -0.110. The van der Waals surface area contributed by atoms with Crippen LogP contribution in [0, 0.1) is 6.92 Å². The number of aryl methyl sites for hydroxylation is 1. The van der Waals surface area contributed by atoms with E-state index in [0.717, 1.165) is 22.3 Å². The monoisotopic (exact) mass is 460 g/mol. The van der Waals surface area contributed by atoms with Gasteiger partial charge in [-0.1, -0.05) is 78.4 Å². The van der Waals surface area contributed by atoms with Crippen LogP contribution in [0.15, 0.2) is 102 Å². The van der Waals surface area contributed by atoms with Crippen molar-refractivity contribution in [2.24, 2.45) is 0 Å². The third-order valence-corrected chi connectivity index (χ3v) is 6.81. The van der Waals surface area contributed by atoms with Gasteiger partial charge in [0, 0.05) is 10.5 Å². The Labute approximate surface area is 199 Å². The lowest BCUT2D eigenvalue weighted by Crippen LogP contribution is -2.45. The van der Waals surface area contributed by atoms with Crippen molar-refractivity contribution in [2.45, 2.75) is 42.5 Å². The van der Waals surface area contributed by atoms with E-state index in [4.69, 9.17) is 14.2 Å². The summed E-state index contributed by atoms with van der Waals surface area (Å²) in [6.45, 7) is 3.35. The lowest BCUT2D eigenvalue weighted by Gasteiger charge is -2.36. The Balaban J connectivity index is 1.51. The molecule has 1 aliphatic rings. The highest BCUT2D eigenvalue weighted by atomic mass is 32.2. The van der Waals surface area contributed by atoms with E-state index in [1.807, 2.05) is 60.7 Å². The van der Waals surface area contributed by atoms with E-state index in [-0.39, 0.29) is 17.5 Å². The Kier molecular flexibility index (Phi) is 8.36. The Bertz CT molecular complexity index is 1030. The number of carbonyl (C=O) groups excluding carboxylic acids is 1. The van der Waals surface area contributed by atoms with Crippen molar-refractivity contribution in [3.05, 3.63) is 113 Å². The molecule has 3 aromatic carbocycles. The van der Waals surface area contributed by atoms with Crippen LogP contribution in [0.25, 0.3) is 0 Å². The molecule has 0 fully saturated rings. The molecule has 4 nitrogen and oxygen atoms in total. The molecular weight excluding hydrogens is 432 g/mol. The second-order valence-electron chi connectivity index (χ2n) is 8.02. The van der Waals surface area contributed by atoms with Crippen molar-refractivity contribution in [3.8, 4) is 0 Å². The van der Waals surface area contributed by atoms with E-state index < -0.39 is 0 Å². The summed E-state index contributed by atoms with van der Waals surface area (Å²) >= 11 is 1.62. The summed E-state index contributed by atoms with van der Waals surface area (Å²) in [4.78, 5) is 13.0. The van der Waals surface area contributed by atoms with E-state index >= 15 is 0 Å². The number of carbonyl (C=O) groups is 1. The van der Waals surface area contributed by atoms with Crippen LogP contribution < -0.4 is 0 Å². The molecule has 0 radical (unpaired) electrons. The largest absolute Gasteiger partial charge is 0.492 e. The van der Waals surface area contributed by atoms with Crippen LogP contribution in [-0.2, 0) is 32.2 Å². The van der Waals surface area contributed by atoms with Gasteiger partial charge in [0.2, 0.25) is 0 Å². The third-order valence-electron chi connectivity index (χ3n) is 5.47. The smallest absolute Gasteiger partial charge is 0.150 e. The predicted molar refractivity (Wildman–Crippen MR) is 131 cm³/mol. The molecule has 1 aliphatic heterocycles. The van der Waals surface area contributed by atoms with Gasteiger partial charge in [-0.15, -0.1) is 11.8 Å². The highest BCUT2D eigenvalue weighted by Crippen LogP contribution is 2.36. The molecule has 33 heavy (non-hydrogen) atoms. The van der Waals surface area contributed by atoms with Gasteiger partial charge in [0.05, 0.1) is 31.3 Å².